The molecule has 3 heterocycles. The van der Waals surface area contributed by atoms with Crippen LogP contribution >= 0.6 is 0 Å². The summed E-state index contributed by atoms with van der Waals surface area (Å²) in [5.41, 5.74) is 14.4. The molecule has 0 saturated heterocycles. The molecule has 1 amide bonds. The van der Waals surface area contributed by atoms with Crippen LogP contribution in [0.3, 0.4) is 0 Å². The number of nitrogens with one attached hydrogen (secondary N) is 3. The lowest BCUT2D eigenvalue weighted by Gasteiger charge is -2.19. The van der Waals surface area contributed by atoms with Crippen LogP contribution in [0.25, 0.3) is 27.8 Å². The summed E-state index contributed by atoms with van der Waals surface area (Å²) in [7, 11) is 1.90. The predicted octanol–water partition coefficient (Wildman–Crippen LogP) is 4.59. The van der Waals surface area contributed by atoms with E-state index >= 15 is 0 Å². The molecule has 0 aliphatic rings. The Balaban J connectivity index is 1.57. The molecule has 3 N–H and O–H groups in total. The maximum atomic E-state index is 12.5. The number of aromatic nitrogens is 4. The summed E-state index contributed by atoms with van der Waals surface area (Å²) in [5, 5.41) is 18.0. The molecule has 4 rings (SSSR count). The van der Waals surface area contributed by atoms with Crippen LogP contribution in [0.15, 0.2) is 72.1 Å². The smallest absolute Gasteiger partial charge is 0.273 e. The zero-order chi connectivity index (χ0) is 25.2. The van der Waals surface area contributed by atoms with Gasteiger partial charge in [0.15, 0.2) is 5.70 Å². The molecule has 0 radical (unpaired) electrons. The SMILES string of the molecule is Cc1cc(-c2cc(-c3cnn(C)c3)cn3nccc23)ccc1CNC(=O)/C(=C/NC(C)(C)C)N=N. The Morgan fingerprint density at radius 2 is 1.91 bits per heavy atom. The second-order valence-electron chi connectivity index (χ2n) is 9.57. The maximum absolute atomic E-state index is 12.5. The van der Waals surface area contributed by atoms with Gasteiger partial charge in [0.1, 0.15) is 0 Å². The molecule has 0 atom stereocenters. The monoisotopic (exact) mass is 470 g/mol. The van der Waals surface area contributed by atoms with Crippen molar-refractivity contribution in [3.05, 3.63) is 78.1 Å². The third-order valence-corrected chi connectivity index (χ3v) is 5.63. The molecule has 1 aromatic carbocycles. The van der Waals surface area contributed by atoms with E-state index in [1.165, 1.54) is 6.20 Å². The van der Waals surface area contributed by atoms with Gasteiger partial charge in [-0.15, -0.1) is 0 Å². The number of hydrogen-bond acceptors (Lipinski definition) is 6. The van der Waals surface area contributed by atoms with Gasteiger partial charge in [0.05, 0.1) is 11.7 Å². The van der Waals surface area contributed by atoms with Crippen LogP contribution in [0.2, 0.25) is 0 Å². The molecule has 9 heteroatoms. The van der Waals surface area contributed by atoms with E-state index in [0.717, 1.165) is 38.9 Å². The van der Waals surface area contributed by atoms with E-state index in [9.17, 15) is 4.79 Å². The maximum Gasteiger partial charge on any atom is 0.273 e. The number of aryl methyl sites for hydroxylation is 2. The van der Waals surface area contributed by atoms with Gasteiger partial charge in [0.25, 0.3) is 5.91 Å². The van der Waals surface area contributed by atoms with Crippen molar-refractivity contribution in [1.29, 1.82) is 5.53 Å². The molecule has 3 aromatic heterocycles. The third kappa shape index (κ3) is 5.46. The van der Waals surface area contributed by atoms with Crippen molar-refractivity contribution in [1.82, 2.24) is 30.0 Å². The van der Waals surface area contributed by atoms with Crippen LogP contribution in [-0.4, -0.2) is 30.8 Å². The molecule has 4 aromatic rings. The fourth-order valence-corrected chi connectivity index (χ4v) is 3.75. The van der Waals surface area contributed by atoms with Gasteiger partial charge >= 0.3 is 0 Å². The van der Waals surface area contributed by atoms with Crippen LogP contribution in [-0.2, 0) is 18.4 Å². The number of amides is 1. The zero-order valence-electron chi connectivity index (χ0n) is 20.6. The van der Waals surface area contributed by atoms with Gasteiger partial charge in [-0.1, -0.05) is 18.2 Å². The number of carbonyl (C=O) groups is 1. The summed E-state index contributed by atoms with van der Waals surface area (Å²) in [6.45, 7) is 8.27. The molecule has 180 valence electrons. The number of benzene rings is 1. The van der Waals surface area contributed by atoms with E-state index in [1.54, 1.807) is 10.9 Å². The van der Waals surface area contributed by atoms with Crippen molar-refractivity contribution >= 4 is 11.4 Å². The topological polar surface area (TPSA) is 112 Å². The lowest BCUT2D eigenvalue weighted by atomic mass is 9.97. The largest absolute Gasteiger partial charge is 0.384 e. The van der Waals surface area contributed by atoms with E-state index < -0.39 is 5.91 Å². The molecule has 0 aliphatic carbocycles. The van der Waals surface area contributed by atoms with Crippen LogP contribution in [0.4, 0.5) is 0 Å². The quantitative estimate of drug-likeness (QED) is 0.271. The van der Waals surface area contributed by atoms with Crippen molar-refractivity contribution < 1.29 is 4.79 Å². The summed E-state index contributed by atoms with van der Waals surface area (Å²) >= 11 is 0. The predicted molar refractivity (Wildman–Crippen MR) is 136 cm³/mol. The van der Waals surface area contributed by atoms with Gasteiger partial charge in [-0.25, -0.2) is 10.0 Å². The first-order chi connectivity index (χ1) is 16.6. The third-order valence-electron chi connectivity index (χ3n) is 5.63. The molecule has 0 fully saturated rings. The molecule has 0 spiro atoms. The molecule has 0 aliphatic heterocycles. The Labute approximate surface area is 204 Å². The highest BCUT2D eigenvalue weighted by Crippen LogP contribution is 2.31. The Bertz CT molecular complexity index is 1420. The van der Waals surface area contributed by atoms with Gasteiger partial charge in [-0.3, -0.25) is 9.48 Å². The molecule has 0 unspecified atom stereocenters. The number of rotatable bonds is 7. The molecular weight excluding hydrogens is 440 g/mol. The first-order valence-electron chi connectivity index (χ1n) is 11.3. The van der Waals surface area contributed by atoms with Crippen LogP contribution < -0.4 is 10.6 Å². The Morgan fingerprint density at radius 1 is 1.11 bits per heavy atom. The highest BCUT2D eigenvalue weighted by Gasteiger charge is 2.14. The lowest BCUT2D eigenvalue weighted by molar-refractivity contribution is -0.117. The van der Waals surface area contributed by atoms with E-state index in [1.807, 2.05) is 70.0 Å². The van der Waals surface area contributed by atoms with Crippen LogP contribution in [0, 0.1) is 12.5 Å². The van der Waals surface area contributed by atoms with Crippen molar-refractivity contribution in [2.24, 2.45) is 12.2 Å². The second kappa shape index (κ2) is 9.54. The normalized spacial score (nSPS) is 12.1. The highest BCUT2D eigenvalue weighted by atomic mass is 16.2. The Kier molecular flexibility index (Phi) is 6.50. The molecule has 0 saturated carbocycles. The van der Waals surface area contributed by atoms with Crippen molar-refractivity contribution in [2.75, 3.05) is 0 Å². The lowest BCUT2D eigenvalue weighted by Crippen LogP contribution is -2.33. The Hall–Kier alpha value is -4.27. The summed E-state index contributed by atoms with van der Waals surface area (Å²) < 4.78 is 3.66. The molecule has 9 nitrogen and oxygen atoms in total. The summed E-state index contributed by atoms with van der Waals surface area (Å²) in [4.78, 5) is 12.5. The van der Waals surface area contributed by atoms with Gasteiger partial charge in [-0.05, 0) is 56.5 Å². The first kappa shape index (κ1) is 23.9. The first-order valence-corrected chi connectivity index (χ1v) is 11.3. The standard InChI is InChI=1S/C26H30N8O/c1-17-10-18(6-7-19(17)12-28-25(35)23(32-27)14-29-26(2,3)4)22-11-20(21-13-31-33(5)15-21)16-34-24(22)8-9-30-34/h6-11,13-16,27,29H,12H2,1-5H3,(H,28,35)/b23-14-,32-27?. The minimum Gasteiger partial charge on any atom is -0.384 e. The minimum atomic E-state index is -0.398. The fraction of sp³-hybridized carbons (Fsp3) is 0.269. The number of fused-ring (bicyclic) bond motifs is 1. The number of hydrogen-bond donors (Lipinski definition) is 3. The minimum absolute atomic E-state index is 0.0320. The van der Waals surface area contributed by atoms with Crippen molar-refractivity contribution in [2.45, 2.75) is 39.8 Å². The fourth-order valence-electron chi connectivity index (χ4n) is 3.75. The van der Waals surface area contributed by atoms with Crippen LogP contribution in [0.5, 0.6) is 0 Å². The average molecular weight is 471 g/mol. The van der Waals surface area contributed by atoms with Gasteiger partial charge in [-0.2, -0.15) is 15.3 Å². The summed E-state index contributed by atoms with van der Waals surface area (Å²) in [5.74, 6) is -0.398. The van der Waals surface area contributed by atoms with Crippen molar-refractivity contribution in [3.8, 4) is 22.3 Å². The van der Waals surface area contributed by atoms with E-state index in [-0.39, 0.29) is 11.2 Å². The number of carbonyl (C=O) groups excluding carboxylic acids is 1. The van der Waals surface area contributed by atoms with Gasteiger partial charge in [0.2, 0.25) is 0 Å². The van der Waals surface area contributed by atoms with Crippen LogP contribution in [0.1, 0.15) is 31.9 Å². The molecule has 35 heavy (non-hydrogen) atoms. The summed E-state index contributed by atoms with van der Waals surface area (Å²) in [6, 6.07) is 10.3. The second-order valence-corrected chi connectivity index (χ2v) is 9.57. The zero-order valence-corrected chi connectivity index (χ0v) is 20.6. The van der Waals surface area contributed by atoms with Crippen molar-refractivity contribution in [3.63, 3.8) is 0 Å². The number of pyridine rings is 1. The number of nitrogens with zero attached hydrogens (tertiary/aromatic N) is 5. The average Bonchev–Trinajstić information content (AvgIpc) is 3.46. The summed E-state index contributed by atoms with van der Waals surface area (Å²) in [6.07, 6.45) is 9.09. The molecule has 0 bridgehead atoms. The van der Waals surface area contributed by atoms with E-state index in [4.69, 9.17) is 5.53 Å². The Morgan fingerprint density at radius 3 is 2.57 bits per heavy atom. The molecular formula is C26H30N8O. The van der Waals surface area contributed by atoms with E-state index in [2.05, 4.69) is 44.1 Å². The van der Waals surface area contributed by atoms with Gasteiger partial charge in [0, 0.05) is 60.6 Å². The van der Waals surface area contributed by atoms with E-state index in [0.29, 0.717) is 6.54 Å². The highest BCUT2D eigenvalue weighted by molar-refractivity contribution is 5.92. The van der Waals surface area contributed by atoms with Gasteiger partial charge < -0.3 is 10.6 Å².